The first-order valence-corrected chi connectivity index (χ1v) is 5.76. The van der Waals surface area contributed by atoms with Crippen molar-refractivity contribution in [3.63, 3.8) is 0 Å². The summed E-state index contributed by atoms with van der Waals surface area (Å²) in [6.07, 6.45) is 0. The number of ether oxygens (including phenoxy) is 3. The summed E-state index contributed by atoms with van der Waals surface area (Å²) in [5, 5.41) is 3.33. The number of methoxy groups -OCH3 is 2. The summed E-state index contributed by atoms with van der Waals surface area (Å²) in [7, 11) is 3.37. The van der Waals surface area contributed by atoms with Crippen molar-refractivity contribution in [3.05, 3.63) is 29.8 Å². The highest BCUT2D eigenvalue weighted by Gasteiger charge is 1.99. The molecular weight excluding hydrogens is 218 g/mol. The van der Waals surface area contributed by atoms with Gasteiger partial charge in [-0.25, -0.2) is 0 Å². The maximum absolute atomic E-state index is 5.38. The highest BCUT2D eigenvalue weighted by molar-refractivity contribution is 5.50. The molecule has 0 radical (unpaired) electrons. The Morgan fingerprint density at radius 2 is 1.82 bits per heavy atom. The van der Waals surface area contributed by atoms with Crippen LogP contribution >= 0.6 is 0 Å². The van der Waals surface area contributed by atoms with Crippen molar-refractivity contribution in [2.24, 2.45) is 0 Å². The topological polar surface area (TPSA) is 39.7 Å². The van der Waals surface area contributed by atoms with Gasteiger partial charge in [0.15, 0.2) is 0 Å². The van der Waals surface area contributed by atoms with E-state index in [1.165, 1.54) is 0 Å². The average Bonchev–Trinajstić information content (AvgIpc) is 2.36. The second-order valence-corrected chi connectivity index (χ2v) is 3.62. The molecule has 0 atom stereocenters. The van der Waals surface area contributed by atoms with Gasteiger partial charge in [0, 0.05) is 32.0 Å². The molecule has 0 aromatic heterocycles. The highest BCUT2D eigenvalue weighted by Crippen LogP contribution is 2.15. The average molecular weight is 239 g/mol. The van der Waals surface area contributed by atoms with Gasteiger partial charge in [0.05, 0.1) is 26.4 Å². The number of anilines is 1. The Balaban J connectivity index is 2.25. The maximum Gasteiger partial charge on any atom is 0.0733 e. The third-order valence-electron chi connectivity index (χ3n) is 2.31. The predicted molar refractivity (Wildman–Crippen MR) is 68.3 cm³/mol. The number of hydrogen-bond donors (Lipinski definition) is 1. The molecule has 1 aromatic carbocycles. The van der Waals surface area contributed by atoms with E-state index in [4.69, 9.17) is 14.2 Å². The standard InChI is InChI=1S/C13H21NO3/c1-15-9-10-17-8-7-14-13-6-4-3-5-12(13)11-16-2/h3-6,14H,7-11H2,1-2H3. The van der Waals surface area contributed by atoms with Crippen LogP contribution in [0, 0.1) is 0 Å². The minimum Gasteiger partial charge on any atom is -0.382 e. The van der Waals surface area contributed by atoms with E-state index < -0.39 is 0 Å². The van der Waals surface area contributed by atoms with Crippen LogP contribution in [-0.4, -0.2) is 40.6 Å². The van der Waals surface area contributed by atoms with Gasteiger partial charge < -0.3 is 19.5 Å². The van der Waals surface area contributed by atoms with E-state index in [1.807, 2.05) is 18.2 Å². The Morgan fingerprint density at radius 1 is 1.00 bits per heavy atom. The monoisotopic (exact) mass is 239 g/mol. The molecule has 0 aliphatic rings. The van der Waals surface area contributed by atoms with Crippen LogP contribution in [0.1, 0.15) is 5.56 Å². The molecule has 4 nitrogen and oxygen atoms in total. The lowest BCUT2D eigenvalue weighted by Crippen LogP contribution is -2.13. The first-order valence-electron chi connectivity index (χ1n) is 5.76. The second kappa shape index (κ2) is 8.98. The largest absolute Gasteiger partial charge is 0.382 e. The molecule has 0 amide bonds. The summed E-state index contributed by atoms with van der Waals surface area (Å²) < 4.78 is 15.4. The molecule has 0 aliphatic carbocycles. The smallest absolute Gasteiger partial charge is 0.0733 e. The van der Waals surface area contributed by atoms with Gasteiger partial charge in [-0.3, -0.25) is 0 Å². The van der Waals surface area contributed by atoms with Crippen LogP contribution in [0.5, 0.6) is 0 Å². The molecule has 1 aromatic rings. The number of para-hydroxylation sites is 1. The fourth-order valence-electron chi connectivity index (χ4n) is 1.48. The van der Waals surface area contributed by atoms with Crippen molar-refractivity contribution in [1.82, 2.24) is 0 Å². The van der Waals surface area contributed by atoms with Crippen molar-refractivity contribution >= 4 is 5.69 Å². The summed E-state index contributed by atoms with van der Waals surface area (Å²) in [5.41, 5.74) is 2.26. The Morgan fingerprint density at radius 3 is 2.59 bits per heavy atom. The lowest BCUT2D eigenvalue weighted by atomic mass is 10.2. The quantitative estimate of drug-likeness (QED) is 0.668. The Labute approximate surface area is 103 Å². The Bertz CT molecular complexity index is 304. The first kappa shape index (κ1) is 14.0. The molecule has 17 heavy (non-hydrogen) atoms. The van der Waals surface area contributed by atoms with Gasteiger partial charge >= 0.3 is 0 Å². The van der Waals surface area contributed by atoms with Crippen LogP contribution in [0.4, 0.5) is 5.69 Å². The Kier molecular flexibility index (Phi) is 7.38. The lowest BCUT2D eigenvalue weighted by Gasteiger charge is -2.11. The molecule has 0 saturated heterocycles. The number of rotatable bonds is 9. The maximum atomic E-state index is 5.38. The van der Waals surface area contributed by atoms with Crippen LogP contribution in [0.15, 0.2) is 24.3 Å². The van der Waals surface area contributed by atoms with E-state index in [-0.39, 0.29) is 0 Å². The van der Waals surface area contributed by atoms with Gasteiger partial charge in [-0.2, -0.15) is 0 Å². The van der Waals surface area contributed by atoms with Gasteiger partial charge in [0.2, 0.25) is 0 Å². The van der Waals surface area contributed by atoms with Gasteiger partial charge in [0.1, 0.15) is 0 Å². The predicted octanol–water partition coefficient (Wildman–Crippen LogP) is 1.91. The fourth-order valence-corrected chi connectivity index (χ4v) is 1.48. The molecule has 1 rings (SSSR count). The van der Waals surface area contributed by atoms with Crippen LogP contribution in [-0.2, 0) is 20.8 Å². The number of hydrogen-bond acceptors (Lipinski definition) is 4. The molecule has 0 aliphatic heterocycles. The third kappa shape index (κ3) is 5.68. The molecule has 0 spiro atoms. The second-order valence-electron chi connectivity index (χ2n) is 3.62. The zero-order chi connectivity index (χ0) is 12.3. The molecule has 1 N–H and O–H groups in total. The number of benzene rings is 1. The summed E-state index contributed by atoms with van der Waals surface area (Å²) in [6.45, 7) is 3.35. The molecule has 96 valence electrons. The minimum absolute atomic E-state index is 0.619. The minimum atomic E-state index is 0.619. The van der Waals surface area contributed by atoms with E-state index in [0.29, 0.717) is 26.4 Å². The van der Waals surface area contributed by atoms with Crippen molar-refractivity contribution in [2.45, 2.75) is 6.61 Å². The summed E-state index contributed by atoms with van der Waals surface area (Å²) in [4.78, 5) is 0. The molecule has 0 fully saturated rings. The third-order valence-corrected chi connectivity index (χ3v) is 2.31. The van der Waals surface area contributed by atoms with Gasteiger partial charge in [-0.05, 0) is 6.07 Å². The van der Waals surface area contributed by atoms with Crippen LogP contribution in [0.25, 0.3) is 0 Å². The Hall–Kier alpha value is -1.10. The van der Waals surface area contributed by atoms with E-state index in [1.54, 1.807) is 14.2 Å². The van der Waals surface area contributed by atoms with Crippen LogP contribution in [0.2, 0.25) is 0 Å². The van der Waals surface area contributed by atoms with Crippen molar-refractivity contribution < 1.29 is 14.2 Å². The SMILES string of the molecule is COCCOCCNc1ccccc1COC. The first-order chi connectivity index (χ1) is 8.38. The molecule has 4 heteroatoms. The molecule has 0 heterocycles. The lowest BCUT2D eigenvalue weighted by molar-refractivity contribution is 0.0759. The van der Waals surface area contributed by atoms with Gasteiger partial charge in [-0.15, -0.1) is 0 Å². The highest BCUT2D eigenvalue weighted by atomic mass is 16.5. The van der Waals surface area contributed by atoms with Gasteiger partial charge in [0.25, 0.3) is 0 Å². The van der Waals surface area contributed by atoms with E-state index >= 15 is 0 Å². The zero-order valence-corrected chi connectivity index (χ0v) is 10.6. The van der Waals surface area contributed by atoms with Crippen LogP contribution in [0.3, 0.4) is 0 Å². The molecule has 0 bridgehead atoms. The molecule has 0 saturated carbocycles. The van der Waals surface area contributed by atoms with Crippen molar-refractivity contribution in [1.29, 1.82) is 0 Å². The normalized spacial score (nSPS) is 10.5. The molecular formula is C13H21NO3. The fraction of sp³-hybridized carbons (Fsp3) is 0.538. The molecule has 0 unspecified atom stereocenters. The summed E-state index contributed by atoms with van der Waals surface area (Å²) in [6, 6.07) is 8.11. The zero-order valence-electron chi connectivity index (χ0n) is 10.6. The summed E-state index contributed by atoms with van der Waals surface area (Å²) in [5.74, 6) is 0. The van der Waals surface area contributed by atoms with Crippen molar-refractivity contribution in [3.8, 4) is 0 Å². The van der Waals surface area contributed by atoms with Gasteiger partial charge in [-0.1, -0.05) is 18.2 Å². The number of nitrogens with one attached hydrogen (secondary N) is 1. The van der Waals surface area contributed by atoms with E-state index in [2.05, 4.69) is 11.4 Å². The van der Waals surface area contributed by atoms with E-state index in [9.17, 15) is 0 Å². The van der Waals surface area contributed by atoms with Crippen LogP contribution < -0.4 is 5.32 Å². The van der Waals surface area contributed by atoms with E-state index in [0.717, 1.165) is 17.8 Å². The van der Waals surface area contributed by atoms with Crippen molar-refractivity contribution in [2.75, 3.05) is 45.9 Å². The summed E-state index contributed by atoms with van der Waals surface area (Å²) >= 11 is 0.